The third kappa shape index (κ3) is 22.4. The number of nitrogens with two attached hydrogens (primary N) is 1. The van der Waals surface area contributed by atoms with Crippen LogP contribution in [-0.2, 0) is 76.6 Å². The molecule has 2 aromatic rings. The Balaban J connectivity index is 1.06. The van der Waals surface area contributed by atoms with Crippen molar-refractivity contribution in [2.24, 2.45) is 23.5 Å². The topological polar surface area (TPSA) is 331 Å². The first-order chi connectivity index (χ1) is 48.4. The molecule has 103 heavy (non-hydrogen) atoms. The van der Waals surface area contributed by atoms with Crippen LogP contribution in [0.15, 0.2) is 36.4 Å². The van der Waals surface area contributed by atoms with Gasteiger partial charge in [0.15, 0.2) is 17.3 Å². The molecule has 0 unspecified atom stereocenters. The average molecular weight is 1460 g/mol. The van der Waals surface area contributed by atoms with Crippen LogP contribution < -0.4 is 32.3 Å². The van der Waals surface area contributed by atoms with Gasteiger partial charge < -0.3 is 61.5 Å². The summed E-state index contributed by atoms with van der Waals surface area (Å²) in [5.74, 6) is -11.4. The van der Waals surface area contributed by atoms with Crippen LogP contribution in [0, 0.1) is 36.3 Å². The number of nitrogens with one attached hydrogen (secondary N) is 5. The Bertz CT molecular complexity index is 3340. The molecule has 2 saturated heterocycles. The number of ketones is 3. The highest BCUT2D eigenvalue weighted by Crippen LogP contribution is 2.36. The molecule has 2 aliphatic carbocycles. The number of carboxylic acids is 1. The summed E-state index contributed by atoms with van der Waals surface area (Å²) in [6, 6.07) is -0.969. The Labute approximate surface area is 600 Å². The first-order valence-electron chi connectivity index (χ1n) is 36.0. The summed E-state index contributed by atoms with van der Waals surface area (Å²) < 4.78 is 68.2. The number of aryl methyl sites for hydroxylation is 2. The van der Waals surface area contributed by atoms with E-state index in [-0.39, 0.29) is 101 Å². The van der Waals surface area contributed by atoms with Crippen LogP contribution in [0.3, 0.4) is 0 Å². The van der Waals surface area contributed by atoms with Gasteiger partial charge in [0.25, 0.3) is 0 Å². The quantitative estimate of drug-likeness (QED) is 0.0462. The van der Waals surface area contributed by atoms with Crippen LogP contribution >= 0.6 is 0 Å². The van der Waals surface area contributed by atoms with E-state index in [1.54, 1.807) is 6.92 Å². The number of halogens is 5. The summed E-state index contributed by atoms with van der Waals surface area (Å²) >= 11 is 0. The maximum absolute atomic E-state index is 14.7. The predicted octanol–water partition coefficient (Wildman–Crippen LogP) is 4.25. The molecule has 2 heterocycles. The SMILES string of the molecule is CC[C@H](C)[C@H](NC(=O)[C@H](CC(C)C)N(C)C(=O)C[C@H](NCC(=O)[C@@H](NCC(=O)C1(NC(=O)[C@@H]2CCCN2C(=O)[C@@H](N)CCc2cc(F)c(C(F)(F)F)c(F)c2)CCCC1)C1CCCC1)C(=O)N(C)C)C(=O)N(C)[C@@H](C)C(=O)N1CC[C@H]1C(=O)CCN[C@@H](Cc1ccc(C)cc1)C(=O)N(C)CC(=O)O. The molecule has 2 saturated carbocycles. The number of hydrogen-bond donors (Lipinski definition) is 7. The maximum atomic E-state index is 14.7. The fourth-order valence-corrected chi connectivity index (χ4v) is 14.3. The smallest absolute Gasteiger partial charge is 0.422 e. The van der Waals surface area contributed by atoms with E-state index >= 15 is 0 Å². The van der Waals surface area contributed by atoms with E-state index in [4.69, 9.17) is 5.73 Å². The number of likely N-dealkylation sites (N-methyl/N-ethyl adjacent to an activating group) is 4. The summed E-state index contributed by atoms with van der Waals surface area (Å²) in [7, 11) is 7.20. The molecular weight excluding hydrogens is 1350 g/mol. The molecule has 2 aromatic carbocycles. The highest BCUT2D eigenvalue weighted by molar-refractivity contribution is 5.99. The Morgan fingerprint density at radius 3 is 1.90 bits per heavy atom. The lowest BCUT2D eigenvalue weighted by Crippen LogP contribution is -2.62. The van der Waals surface area contributed by atoms with Gasteiger partial charge in [-0.25, -0.2) is 8.78 Å². The van der Waals surface area contributed by atoms with Gasteiger partial charge in [-0.2, -0.15) is 13.2 Å². The van der Waals surface area contributed by atoms with Crippen LogP contribution in [0.1, 0.15) is 160 Å². The van der Waals surface area contributed by atoms with Crippen LogP contribution in [0.4, 0.5) is 22.0 Å². The second-order valence-corrected chi connectivity index (χ2v) is 29.2. The van der Waals surface area contributed by atoms with Crippen molar-refractivity contribution in [2.75, 3.05) is 74.5 Å². The number of nitrogens with zero attached hydrogens (tertiary/aromatic N) is 6. The molecule has 8 amide bonds. The van der Waals surface area contributed by atoms with Crippen molar-refractivity contribution in [3.8, 4) is 0 Å². The minimum atomic E-state index is -5.26. The molecule has 0 bridgehead atoms. The molecule has 0 aromatic heterocycles. The van der Waals surface area contributed by atoms with Crippen molar-refractivity contribution in [1.29, 1.82) is 0 Å². The molecule has 25 nitrogen and oxygen atoms in total. The molecule has 8 N–H and O–H groups in total. The van der Waals surface area contributed by atoms with Gasteiger partial charge in [-0.15, -0.1) is 0 Å². The highest BCUT2D eigenvalue weighted by Gasteiger charge is 2.48. The van der Waals surface area contributed by atoms with Gasteiger partial charge in [0.1, 0.15) is 47.9 Å². The summed E-state index contributed by atoms with van der Waals surface area (Å²) in [4.78, 5) is 175. The zero-order valence-corrected chi connectivity index (χ0v) is 61.4. The Morgan fingerprint density at radius 1 is 0.718 bits per heavy atom. The van der Waals surface area contributed by atoms with Gasteiger partial charge in [-0.1, -0.05) is 89.6 Å². The van der Waals surface area contributed by atoms with Crippen LogP contribution in [0.5, 0.6) is 0 Å². The van der Waals surface area contributed by atoms with Crippen LogP contribution in [-0.4, -0.2) is 240 Å². The average Bonchev–Trinajstić information content (AvgIpc) is 1.33. The largest absolute Gasteiger partial charge is 0.480 e. The van der Waals surface area contributed by atoms with Crippen molar-refractivity contribution < 1.29 is 84.6 Å². The fraction of sp³-hybridized carbons (Fsp3) is 0.671. The number of rotatable bonds is 38. The summed E-state index contributed by atoms with van der Waals surface area (Å²) in [5.41, 5.74) is 4.53. The number of hydrogen-bond acceptors (Lipinski definition) is 16. The van der Waals surface area contributed by atoms with Crippen molar-refractivity contribution in [3.63, 3.8) is 0 Å². The number of likely N-dealkylation sites (tertiary alicyclic amines) is 2. The molecule has 0 radical (unpaired) electrons. The minimum Gasteiger partial charge on any atom is -0.480 e. The summed E-state index contributed by atoms with van der Waals surface area (Å²) in [6.45, 7) is 9.90. The first kappa shape index (κ1) is 84.1. The third-order valence-corrected chi connectivity index (χ3v) is 20.9. The number of Topliss-reactive ketones (excluding diaryl/α,β-unsaturated/α-hetero) is 3. The normalized spacial score (nSPS) is 19.0. The number of carboxylic acid groups (broad SMARTS) is 1. The predicted molar refractivity (Wildman–Crippen MR) is 372 cm³/mol. The van der Waals surface area contributed by atoms with Crippen molar-refractivity contribution in [2.45, 2.75) is 223 Å². The maximum Gasteiger partial charge on any atom is 0.422 e. The molecule has 4 fully saturated rings. The van der Waals surface area contributed by atoms with E-state index in [1.165, 1.54) is 66.7 Å². The molecule has 4 aliphatic rings. The summed E-state index contributed by atoms with van der Waals surface area (Å²) in [6.07, 6.45) is 0.132. The van der Waals surface area contributed by atoms with E-state index in [1.807, 2.05) is 52.0 Å². The zero-order chi connectivity index (χ0) is 76.5. The second-order valence-electron chi connectivity index (χ2n) is 29.2. The Kier molecular flexibility index (Phi) is 30.8. The second kappa shape index (κ2) is 37.7. The Morgan fingerprint density at radius 2 is 1.34 bits per heavy atom. The molecular formula is C73H107F5N12O13. The number of alkyl halides is 3. The monoisotopic (exact) mass is 1450 g/mol. The number of carbonyl (C=O) groups excluding carboxylic acids is 11. The van der Waals surface area contributed by atoms with E-state index < -0.39 is 174 Å². The Hall–Kier alpha value is -7.83. The van der Waals surface area contributed by atoms with Crippen LogP contribution in [0.2, 0.25) is 0 Å². The van der Waals surface area contributed by atoms with E-state index in [2.05, 4.69) is 26.6 Å². The lowest BCUT2D eigenvalue weighted by molar-refractivity contribution is -0.154. The molecule has 0 spiro atoms. The molecule has 10 atom stereocenters. The van der Waals surface area contributed by atoms with Crippen molar-refractivity contribution in [1.82, 2.24) is 56.0 Å². The summed E-state index contributed by atoms with van der Waals surface area (Å²) in [5, 5.41) is 24.5. The van der Waals surface area contributed by atoms with Gasteiger partial charge in [0, 0.05) is 61.3 Å². The van der Waals surface area contributed by atoms with E-state index in [0.29, 0.717) is 57.1 Å². The van der Waals surface area contributed by atoms with Crippen molar-refractivity contribution in [3.05, 3.63) is 70.3 Å². The van der Waals surface area contributed by atoms with E-state index in [9.17, 15) is 84.6 Å². The van der Waals surface area contributed by atoms with Crippen LogP contribution in [0.25, 0.3) is 0 Å². The molecule has 572 valence electrons. The number of amides is 8. The van der Waals surface area contributed by atoms with Gasteiger partial charge in [0.2, 0.25) is 47.3 Å². The number of carbonyl (C=O) groups is 12. The molecule has 6 rings (SSSR count). The van der Waals surface area contributed by atoms with Gasteiger partial charge in [0.05, 0.1) is 55.3 Å². The van der Waals surface area contributed by atoms with Crippen molar-refractivity contribution >= 4 is 70.6 Å². The van der Waals surface area contributed by atoms with Gasteiger partial charge >= 0.3 is 12.1 Å². The number of benzene rings is 2. The third-order valence-electron chi connectivity index (χ3n) is 20.9. The minimum absolute atomic E-state index is 0.0564. The standard InChI is InChI=1S/C73H107F5N12O13/c1-12-44(5)63(71(103)87(10)45(6)67(99)90-33-28-54(90)57(91)27-31-80-52(70(102)86(9)41-61(95)96)37-46-23-21-43(4)22-24-46)83-65(97)56(34-42(2)3)88(11)60(94)38-53(69(101)85(7)8)81-39-58(92)64(48-18-13-14-19-48)82-40-59(93)72(29-15-16-30-72)84-66(98)55-20-17-32-89(55)68(100)51(79)26-25-47-35-49(74)62(50(75)36-47)73(76,77)78/h21-24,35-36,42,44-45,48,51-56,63-64,80-82H,12-20,25-34,37-41,79H2,1-11H3,(H,83,97)(H,84,98)(H,95,96)/t44-,45-,51-,52-,53-,54-,55-,56-,63-,64-/m0/s1. The fourth-order valence-electron chi connectivity index (χ4n) is 14.3. The number of aliphatic carboxylic acids is 1. The first-order valence-corrected chi connectivity index (χ1v) is 36.0. The van der Waals surface area contributed by atoms with Gasteiger partial charge in [-0.3, -0.25) is 62.9 Å². The molecule has 30 heteroatoms. The van der Waals surface area contributed by atoms with E-state index in [0.717, 1.165) is 28.9 Å². The molecule has 2 aliphatic heterocycles. The lowest BCUT2D eigenvalue weighted by atomic mass is 9.89. The highest BCUT2D eigenvalue weighted by atomic mass is 19.4. The lowest BCUT2D eigenvalue weighted by Gasteiger charge is -2.43. The zero-order valence-electron chi connectivity index (χ0n) is 61.4. The van der Waals surface area contributed by atoms with Gasteiger partial charge in [-0.05, 0) is 125 Å².